The van der Waals surface area contributed by atoms with Crippen molar-refractivity contribution >= 4 is 5.78 Å². The highest BCUT2D eigenvalue weighted by molar-refractivity contribution is 5.78. The van der Waals surface area contributed by atoms with Crippen molar-refractivity contribution in [3.8, 4) is 0 Å². The number of rotatable bonds is 43. The third kappa shape index (κ3) is 41.8. The van der Waals surface area contributed by atoms with Crippen LogP contribution in [0.25, 0.3) is 0 Å². The van der Waals surface area contributed by atoms with Crippen LogP contribution in [-0.4, -0.2) is 17.0 Å². The topological polar surface area (TPSA) is 37.3 Å². The zero-order chi connectivity index (χ0) is 34.9. The van der Waals surface area contributed by atoms with Gasteiger partial charge in [0.2, 0.25) is 0 Å². The average Bonchev–Trinajstić information content (AvgIpc) is 3.09. The SMILES string of the molecule is CCCCCCCCCCCCCCCCCCCCC(=O)CCCC[C@@H](O)CCCCCCCCCCCCCCCCCCCC. The van der Waals surface area contributed by atoms with E-state index in [1.165, 1.54) is 218 Å². The van der Waals surface area contributed by atoms with E-state index >= 15 is 0 Å². The van der Waals surface area contributed by atoms with Crippen molar-refractivity contribution < 1.29 is 9.90 Å². The lowest BCUT2D eigenvalue weighted by Crippen LogP contribution is -2.06. The summed E-state index contributed by atoms with van der Waals surface area (Å²) in [5, 5.41) is 10.3. The highest BCUT2D eigenvalue weighted by Gasteiger charge is 2.06. The van der Waals surface area contributed by atoms with Crippen LogP contribution in [0, 0.1) is 0 Å². The van der Waals surface area contributed by atoms with Gasteiger partial charge in [-0.15, -0.1) is 0 Å². The summed E-state index contributed by atoms with van der Waals surface area (Å²) in [5.41, 5.74) is 0. The predicted molar refractivity (Wildman–Crippen MR) is 216 cm³/mol. The van der Waals surface area contributed by atoms with Gasteiger partial charge in [-0.3, -0.25) is 4.79 Å². The van der Waals surface area contributed by atoms with Crippen LogP contribution in [0.15, 0.2) is 0 Å². The van der Waals surface area contributed by atoms with Gasteiger partial charge >= 0.3 is 0 Å². The fraction of sp³-hybridized carbons (Fsp3) is 0.978. The van der Waals surface area contributed by atoms with Gasteiger partial charge in [0.1, 0.15) is 5.78 Å². The van der Waals surface area contributed by atoms with Crippen LogP contribution in [0.1, 0.15) is 284 Å². The molecular formula is C46H92O2. The smallest absolute Gasteiger partial charge is 0.132 e. The van der Waals surface area contributed by atoms with E-state index in [1.807, 2.05) is 0 Å². The Hall–Kier alpha value is -0.370. The minimum atomic E-state index is -0.156. The molecule has 0 saturated carbocycles. The normalized spacial score (nSPS) is 12.2. The summed E-state index contributed by atoms with van der Waals surface area (Å²) in [6.07, 6.45) is 55.4. The zero-order valence-corrected chi connectivity index (χ0v) is 33.6. The van der Waals surface area contributed by atoms with Crippen molar-refractivity contribution in [1.29, 1.82) is 0 Å². The Morgan fingerprint density at radius 3 is 0.771 bits per heavy atom. The minimum absolute atomic E-state index is 0.156. The average molecular weight is 677 g/mol. The third-order valence-corrected chi connectivity index (χ3v) is 10.9. The van der Waals surface area contributed by atoms with Gasteiger partial charge in [-0.05, 0) is 25.7 Å². The molecule has 1 atom stereocenters. The molecule has 2 nitrogen and oxygen atoms in total. The summed E-state index contributed by atoms with van der Waals surface area (Å²) >= 11 is 0. The lowest BCUT2D eigenvalue weighted by atomic mass is 10.0. The molecular weight excluding hydrogens is 585 g/mol. The van der Waals surface area contributed by atoms with Crippen LogP contribution < -0.4 is 0 Å². The first-order valence-corrected chi connectivity index (χ1v) is 22.9. The molecule has 0 aromatic heterocycles. The molecule has 2 heteroatoms. The lowest BCUT2D eigenvalue weighted by Gasteiger charge is -2.10. The van der Waals surface area contributed by atoms with Gasteiger partial charge in [0.15, 0.2) is 0 Å². The highest BCUT2D eigenvalue weighted by Crippen LogP contribution is 2.18. The Labute approximate surface area is 304 Å². The van der Waals surface area contributed by atoms with E-state index < -0.39 is 0 Å². The summed E-state index contributed by atoms with van der Waals surface area (Å²) in [6.45, 7) is 4.59. The monoisotopic (exact) mass is 677 g/mol. The summed E-state index contributed by atoms with van der Waals surface area (Å²) in [6, 6.07) is 0. The molecule has 0 heterocycles. The fourth-order valence-electron chi connectivity index (χ4n) is 7.48. The molecule has 0 rings (SSSR count). The van der Waals surface area contributed by atoms with Crippen LogP contribution in [0.4, 0.5) is 0 Å². The Bertz CT molecular complexity index is 587. The first-order valence-electron chi connectivity index (χ1n) is 22.9. The van der Waals surface area contributed by atoms with Crippen molar-refractivity contribution in [1.82, 2.24) is 0 Å². The molecule has 0 unspecified atom stereocenters. The van der Waals surface area contributed by atoms with Crippen LogP contribution >= 0.6 is 0 Å². The zero-order valence-electron chi connectivity index (χ0n) is 33.6. The number of aliphatic hydroxyl groups is 1. The van der Waals surface area contributed by atoms with Gasteiger partial charge in [-0.1, -0.05) is 245 Å². The van der Waals surface area contributed by atoms with Crippen LogP contribution in [-0.2, 0) is 4.79 Å². The standard InChI is InChI=1S/C46H92O2/c1-3-5-7-9-11-13-15-17-19-21-23-25-27-29-31-33-35-37-41-45(47)43-39-40-44-46(48)42-38-36-34-32-30-28-26-24-22-20-18-16-14-12-10-8-6-4-2/h45,47H,3-44H2,1-2H3/t45-/m0/s1. The number of carbonyl (C=O) groups is 1. The number of unbranched alkanes of at least 4 members (excludes halogenated alkanes) is 35. The number of hydrogen-bond donors (Lipinski definition) is 1. The largest absolute Gasteiger partial charge is 0.393 e. The van der Waals surface area contributed by atoms with E-state index in [4.69, 9.17) is 0 Å². The van der Waals surface area contributed by atoms with Gasteiger partial charge in [0.25, 0.3) is 0 Å². The van der Waals surface area contributed by atoms with Crippen LogP contribution in [0.2, 0.25) is 0 Å². The molecule has 0 fully saturated rings. The molecule has 0 amide bonds. The van der Waals surface area contributed by atoms with Gasteiger partial charge in [0.05, 0.1) is 6.10 Å². The van der Waals surface area contributed by atoms with Gasteiger partial charge in [-0.2, -0.15) is 0 Å². The number of ketones is 1. The second-order valence-corrected chi connectivity index (χ2v) is 16.0. The maximum atomic E-state index is 12.3. The predicted octanol–water partition coefficient (Wildman–Crippen LogP) is 16.3. The number of aliphatic hydroxyl groups excluding tert-OH is 1. The maximum Gasteiger partial charge on any atom is 0.132 e. The third-order valence-electron chi connectivity index (χ3n) is 10.9. The number of Topliss-reactive ketones (excluding diaryl/α,β-unsaturated/α-hetero) is 1. The van der Waals surface area contributed by atoms with E-state index in [-0.39, 0.29) is 6.10 Å². The first kappa shape index (κ1) is 47.6. The molecule has 0 aliphatic carbocycles. The second-order valence-electron chi connectivity index (χ2n) is 16.0. The Balaban J connectivity index is 3.24. The van der Waals surface area contributed by atoms with E-state index in [0.29, 0.717) is 5.78 Å². The number of hydrogen-bond acceptors (Lipinski definition) is 2. The van der Waals surface area contributed by atoms with Crippen molar-refractivity contribution in [2.45, 2.75) is 290 Å². The fourth-order valence-corrected chi connectivity index (χ4v) is 7.48. The summed E-state index contributed by atoms with van der Waals surface area (Å²) in [7, 11) is 0. The molecule has 0 aromatic rings. The van der Waals surface area contributed by atoms with Crippen molar-refractivity contribution in [2.24, 2.45) is 0 Å². The Morgan fingerprint density at radius 2 is 0.500 bits per heavy atom. The lowest BCUT2D eigenvalue weighted by molar-refractivity contribution is -0.119. The van der Waals surface area contributed by atoms with Crippen LogP contribution in [0.5, 0.6) is 0 Å². The van der Waals surface area contributed by atoms with Crippen LogP contribution in [0.3, 0.4) is 0 Å². The molecule has 0 radical (unpaired) electrons. The Kier molecular flexibility index (Phi) is 42.5. The van der Waals surface area contributed by atoms with E-state index in [2.05, 4.69) is 13.8 Å². The van der Waals surface area contributed by atoms with Gasteiger partial charge in [0, 0.05) is 12.8 Å². The van der Waals surface area contributed by atoms with E-state index in [9.17, 15) is 9.90 Å². The summed E-state index contributed by atoms with van der Waals surface area (Å²) in [5.74, 6) is 0.449. The maximum absolute atomic E-state index is 12.3. The van der Waals surface area contributed by atoms with Crippen molar-refractivity contribution in [3.63, 3.8) is 0 Å². The highest BCUT2D eigenvalue weighted by atomic mass is 16.3. The van der Waals surface area contributed by atoms with Gasteiger partial charge in [-0.25, -0.2) is 0 Å². The quantitative estimate of drug-likeness (QED) is 0.0653. The van der Waals surface area contributed by atoms with Gasteiger partial charge < -0.3 is 5.11 Å². The van der Waals surface area contributed by atoms with Crippen molar-refractivity contribution in [3.05, 3.63) is 0 Å². The van der Waals surface area contributed by atoms with E-state index in [1.54, 1.807) is 0 Å². The summed E-state index contributed by atoms with van der Waals surface area (Å²) in [4.78, 5) is 12.3. The minimum Gasteiger partial charge on any atom is -0.393 e. The van der Waals surface area contributed by atoms with Crippen molar-refractivity contribution in [2.75, 3.05) is 0 Å². The molecule has 0 saturated heterocycles. The Morgan fingerprint density at radius 1 is 0.312 bits per heavy atom. The molecule has 48 heavy (non-hydrogen) atoms. The first-order chi connectivity index (χ1) is 23.7. The molecule has 1 N–H and O–H groups in total. The second kappa shape index (κ2) is 42.8. The molecule has 0 spiro atoms. The number of carbonyl (C=O) groups excluding carboxylic acids is 1. The summed E-state index contributed by atoms with van der Waals surface area (Å²) < 4.78 is 0. The molecule has 0 bridgehead atoms. The molecule has 288 valence electrons. The van der Waals surface area contributed by atoms with E-state index in [0.717, 1.165) is 51.4 Å². The molecule has 0 aliphatic rings. The molecule has 0 aromatic carbocycles. The molecule has 0 aliphatic heterocycles.